The van der Waals surface area contributed by atoms with E-state index in [4.69, 9.17) is 29.4 Å². The molecule has 2 heterocycles. The third-order valence-electron chi connectivity index (χ3n) is 10.5. The molecule has 0 bridgehead atoms. The van der Waals surface area contributed by atoms with Gasteiger partial charge in [-0.25, -0.2) is 24.7 Å². The summed E-state index contributed by atoms with van der Waals surface area (Å²) in [4.78, 5) is 42.4. The van der Waals surface area contributed by atoms with Gasteiger partial charge in [0, 0.05) is 48.4 Å². The van der Waals surface area contributed by atoms with Crippen molar-refractivity contribution in [2.45, 2.75) is 25.9 Å². The number of nitrogens with two attached hydrogens (primary N) is 1. The number of hydrogen-bond acceptors (Lipinski definition) is 12. The zero-order valence-corrected chi connectivity index (χ0v) is 39.9. The van der Waals surface area contributed by atoms with Crippen molar-refractivity contribution in [1.29, 1.82) is 0 Å². The Bertz CT molecular complexity index is 2890. The van der Waals surface area contributed by atoms with E-state index in [-0.39, 0.29) is 18.3 Å². The number of nitrogens with zero attached hydrogens (tertiary/aromatic N) is 4. The molecule has 0 fully saturated rings. The zero-order chi connectivity index (χ0) is 48.1. The Kier molecular flexibility index (Phi) is 20.2. The molecular weight excluding hydrogens is 892 g/mol. The lowest BCUT2D eigenvalue weighted by atomic mass is 10.0. The molecule has 0 radical (unpaired) electrons. The second-order valence-corrected chi connectivity index (χ2v) is 15.0. The van der Waals surface area contributed by atoms with Gasteiger partial charge in [0.15, 0.2) is 0 Å². The molecule has 8 aromatic rings. The molecule has 6 aromatic carbocycles. The Morgan fingerprint density at radius 2 is 0.913 bits per heavy atom. The van der Waals surface area contributed by atoms with E-state index in [0.29, 0.717) is 48.6 Å². The number of rotatable bonds is 15. The van der Waals surface area contributed by atoms with Gasteiger partial charge in [-0.3, -0.25) is 4.79 Å². The number of ether oxygens (including phenoxy) is 5. The predicted molar refractivity (Wildman–Crippen MR) is 263 cm³/mol. The molecule has 0 saturated carbocycles. The van der Waals surface area contributed by atoms with Gasteiger partial charge >= 0.3 is 5.97 Å². The van der Waals surface area contributed by atoms with E-state index in [0.717, 1.165) is 62.1 Å². The van der Waals surface area contributed by atoms with Crippen LogP contribution in [0.3, 0.4) is 0 Å². The van der Waals surface area contributed by atoms with Crippen molar-refractivity contribution < 1.29 is 45.7 Å². The van der Waals surface area contributed by atoms with E-state index in [9.17, 15) is 9.59 Å². The first-order chi connectivity index (χ1) is 33.3. The van der Waals surface area contributed by atoms with E-state index >= 15 is 0 Å². The van der Waals surface area contributed by atoms with Gasteiger partial charge in [-0.1, -0.05) is 97.1 Å². The fraction of sp³-hybridized carbons (Fsp3) is 0.164. The van der Waals surface area contributed by atoms with E-state index in [2.05, 4.69) is 25.3 Å². The minimum Gasteiger partial charge on any atom is -1.00 e. The summed E-state index contributed by atoms with van der Waals surface area (Å²) >= 11 is 0. The third kappa shape index (κ3) is 14.7. The number of halogens is 1. The molecular formula is C55H54ClN6O7-. The predicted octanol–water partition coefficient (Wildman–Crippen LogP) is 6.37. The summed E-state index contributed by atoms with van der Waals surface area (Å²) in [6, 6.07) is 50.1. The van der Waals surface area contributed by atoms with Gasteiger partial charge in [0.2, 0.25) is 0 Å². The molecule has 0 aliphatic rings. The first-order valence-corrected chi connectivity index (χ1v) is 21.6. The average Bonchev–Trinajstić information content (AvgIpc) is 3.40. The van der Waals surface area contributed by atoms with Crippen molar-refractivity contribution in [1.82, 2.24) is 25.3 Å². The number of nitrogens with one attached hydrogen (secondary N) is 1. The summed E-state index contributed by atoms with van der Waals surface area (Å²) in [5, 5.41) is 2.97. The second-order valence-electron chi connectivity index (χ2n) is 15.0. The molecule has 0 saturated heterocycles. The number of aromatic nitrogens is 4. The molecule has 14 heteroatoms. The minimum absolute atomic E-state index is 0. The smallest absolute Gasteiger partial charge is 0.341 e. The lowest BCUT2D eigenvalue weighted by molar-refractivity contribution is -0.0000379. The SMILES string of the molecule is COC(=O)c1cc(Cc2cc(-c3ccccc3OC)ncn2)ccc1OC.COc1ccc(Cc2cc(-c3ccccc3OC)ncn2)cc1C(=O)NCc1ccccc1.NCc1ccccc1.[Cl-]. The first-order valence-electron chi connectivity index (χ1n) is 21.6. The highest BCUT2D eigenvalue weighted by atomic mass is 35.5. The van der Waals surface area contributed by atoms with E-state index in [1.807, 2.05) is 146 Å². The number of esters is 1. The highest BCUT2D eigenvalue weighted by molar-refractivity contribution is 5.97. The van der Waals surface area contributed by atoms with Crippen LogP contribution in [-0.2, 0) is 30.7 Å². The molecule has 2 aromatic heterocycles. The maximum Gasteiger partial charge on any atom is 0.341 e. The van der Waals surface area contributed by atoms with Crippen molar-refractivity contribution in [2.75, 3.05) is 35.5 Å². The summed E-state index contributed by atoms with van der Waals surface area (Å²) in [5.74, 6) is 1.88. The van der Waals surface area contributed by atoms with Crippen LogP contribution in [0.2, 0.25) is 0 Å². The number of para-hydroxylation sites is 2. The van der Waals surface area contributed by atoms with Gasteiger partial charge in [-0.05, 0) is 82.9 Å². The Balaban J connectivity index is 0.000000222. The van der Waals surface area contributed by atoms with Crippen LogP contribution >= 0.6 is 0 Å². The van der Waals surface area contributed by atoms with Crippen LogP contribution in [0.1, 0.15) is 54.4 Å². The van der Waals surface area contributed by atoms with Gasteiger partial charge < -0.3 is 47.1 Å². The number of methoxy groups -OCH3 is 5. The molecule has 0 aliphatic carbocycles. The van der Waals surface area contributed by atoms with Gasteiger partial charge in [-0.15, -0.1) is 0 Å². The molecule has 0 unspecified atom stereocenters. The van der Waals surface area contributed by atoms with Gasteiger partial charge in [-0.2, -0.15) is 0 Å². The highest BCUT2D eigenvalue weighted by Gasteiger charge is 2.16. The summed E-state index contributed by atoms with van der Waals surface area (Å²) in [6.07, 6.45) is 4.17. The van der Waals surface area contributed by atoms with Gasteiger partial charge in [0.05, 0.1) is 52.5 Å². The van der Waals surface area contributed by atoms with E-state index in [1.54, 1.807) is 39.8 Å². The van der Waals surface area contributed by atoms with Crippen LogP contribution in [0, 0.1) is 0 Å². The Hall–Kier alpha value is -8.13. The molecule has 3 N–H and O–H groups in total. The van der Waals surface area contributed by atoms with Gasteiger partial charge in [0.1, 0.15) is 41.2 Å². The number of benzene rings is 6. The summed E-state index contributed by atoms with van der Waals surface area (Å²) in [7, 11) is 7.70. The number of carbonyl (C=O) groups excluding carboxylic acids is 2. The molecule has 1 amide bonds. The average molecular weight is 947 g/mol. The fourth-order valence-electron chi connectivity index (χ4n) is 7.08. The molecule has 69 heavy (non-hydrogen) atoms. The largest absolute Gasteiger partial charge is 1.00 e. The monoisotopic (exact) mass is 945 g/mol. The Morgan fingerprint density at radius 3 is 1.36 bits per heavy atom. The summed E-state index contributed by atoms with van der Waals surface area (Å²) in [6.45, 7) is 1.09. The second kappa shape index (κ2) is 26.9. The van der Waals surface area contributed by atoms with E-state index in [1.165, 1.54) is 26.1 Å². The molecule has 13 nitrogen and oxygen atoms in total. The zero-order valence-electron chi connectivity index (χ0n) is 39.1. The van der Waals surface area contributed by atoms with Crippen LogP contribution in [0.25, 0.3) is 22.5 Å². The normalized spacial score (nSPS) is 10.1. The maximum atomic E-state index is 12.9. The minimum atomic E-state index is -0.439. The van der Waals surface area contributed by atoms with Crippen LogP contribution < -0.4 is 42.4 Å². The summed E-state index contributed by atoms with van der Waals surface area (Å²) in [5.41, 5.74) is 15.3. The Labute approximate surface area is 409 Å². The summed E-state index contributed by atoms with van der Waals surface area (Å²) < 4.78 is 26.4. The lowest BCUT2D eigenvalue weighted by Gasteiger charge is -2.12. The van der Waals surface area contributed by atoms with Crippen molar-refractivity contribution in [2.24, 2.45) is 5.73 Å². The van der Waals surface area contributed by atoms with E-state index < -0.39 is 5.97 Å². The standard InChI is InChI=1S/C27H25N3O3.C21H20N2O4.C7H9N.ClH/c1-32-25-11-7-6-10-22(25)24-16-21(29-18-30-24)14-20-12-13-26(33-2)23(15-20)27(31)28-17-19-8-4-3-5-9-19;1-25-19-7-5-4-6-16(19)18-12-15(22-13-23-18)10-14-8-9-20(26-2)17(11-14)21(24)27-3;8-6-7-4-2-1-3-5-7;/h3-13,15-16,18H,14,17H2,1-2H3,(H,28,31);4-9,11-13H,10H2,1-3H3;1-5H,6,8H2;1H/p-1. The first kappa shape index (κ1) is 51.8. The van der Waals surface area contributed by atoms with Crippen molar-refractivity contribution >= 4 is 11.9 Å². The topological polar surface area (TPSA) is 170 Å². The van der Waals surface area contributed by atoms with Crippen LogP contribution in [0.4, 0.5) is 0 Å². The van der Waals surface area contributed by atoms with Crippen LogP contribution in [0.15, 0.2) is 170 Å². The van der Waals surface area contributed by atoms with Crippen LogP contribution in [-0.4, -0.2) is 67.4 Å². The quantitative estimate of drug-likeness (QED) is 0.109. The maximum absolute atomic E-state index is 12.9. The molecule has 0 atom stereocenters. The molecule has 0 aliphatic heterocycles. The molecule has 8 rings (SSSR count). The van der Waals surface area contributed by atoms with Crippen molar-refractivity contribution in [3.05, 3.63) is 215 Å². The van der Waals surface area contributed by atoms with Crippen molar-refractivity contribution in [3.8, 4) is 45.5 Å². The van der Waals surface area contributed by atoms with Crippen LogP contribution in [0.5, 0.6) is 23.0 Å². The Morgan fingerprint density at radius 1 is 0.478 bits per heavy atom. The third-order valence-corrected chi connectivity index (χ3v) is 10.5. The number of amides is 1. The molecule has 354 valence electrons. The number of carbonyl (C=O) groups is 2. The lowest BCUT2D eigenvalue weighted by Crippen LogP contribution is -3.00. The fourth-order valence-corrected chi connectivity index (χ4v) is 7.08. The highest BCUT2D eigenvalue weighted by Crippen LogP contribution is 2.30. The van der Waals surface area contributed by atoms with Gasteiger partial charge in [0.25, 0.3) is 5.91 Å². The molecule has 0 spiro atoms. The van der Waals surface area contributed by atoms with Crippen molar-refractivity contribution in [3.63, 3.8) is 0 Å². The number of hydrogen-bond donors (Lipinski definition) is 2.